The monoisotopic (exact) mass is 299 g/mol. The second-order valence-corrected chi connectivity index (χ2v) is 5.74. The molecule has 0 aromatic heterocycles. The molecule has 3 heteroatoms. The van der Waals surface area contributed by atoms with Crippen LogP contribution >= 0.6 is 11.6 Å². The van der Waals surface area contributed by atoms with Crippen molar-refractivity contribution in [3.8, 4) is 0 Å². The van der Waals surface area contributed by atoms with Crippen LogP contribution in [0.25, 0.3) is 0 Å². The van der Waals surface area contributed by atoms with Crippen LogP contribution in [0.4, 0.5) is 4.39 Å². The summed E-state index contributed by atoms with van der Waals surface area (Å²) in [6, 6.07) is 4.96. The number of rotatable bonds is 11. The van der Waals surface area contributed by atoms with Crippen molar-refractivity contribution < 1.29 is 4.39 Å². The first kappa shape index (κ1) is 17.5. The third kappa shape index (κ3) is 7.25. The van der Waals surface area contributed by atoms with Gasteiger partial charge in [0.1, 0.15) is 5.82 Å². The normalized spacial score (nSPS) is 10.9. The lowest BCUT2D eigenvalue weighted by atomic mass is 10.1. The highest BCUT2D eigenvalue weighted by atomic mass is 35.5. The molecule has 0 saturated heterocycles. The van der Waals surface area contributed by atoms with Gasteiger partial charge in [-0.3, -0.25) is 0 Å². The molecule has 0 heterocycles. The molecule has 0 radical (unpaired) electrons. The van der Waals surface area contributed by atoms with Gasteiger partial charge in [-0.25, -0.2) is 4.39 Å². The molecule has 0 atom stereocenters. The summed E-state index contributed by atoms with van der Waals surface area (Å²) in [5.74, 6) is -0.335. The van der Waals surface area contributed by atoms with Gasteiger partial charge in [-0.1, -0.05) is 75.6 Å². The highest BCUT2D eigenvalue weighted by molar-refractivity contribution is 6.31. The molecule has 20 heavy (non-hydrogen) atoms. The van der Waals surface area contributed by atoms with Crippen molar-refractivity contribution in [3.05, 3.63) is 34.6 Å². The lowest BCUT2D eigenvalue weighted by Gasteiger charge is -2.07. The Morgan fingerprint density at radius 3 is 2.35 bits per heavy atom. The maximum atomic E-state index is 13.2. The molecular weight excluding hydrogens is 273 g/mol. The number of benzene rings is 1. The molecule has 0 spiro atoms. The van der Waals surface area contributed by atoms with Crippen LogP contribution < -0.4 is 5.32 Å². The first-order chi connectivity index (χ1) is 9.75. The average molecular weight is 300 g/mol. The zero-order chi connectivity index (χ0) is 14.6. The second kappa shape index (κ2) is 11.1. The van der Waals surface area contributed by atoms with Gasteiger partial charge in [-0.05, 0) is 24.6 Å². The van der Waals surface area contributed by atoms with Gasteiger partial charge in [0.25, 0.3) is 0 Å². The number of hydrogen-bond donors (Lipinski definition) is 1. The van der Waals surface area contributed by atoms with Gasteiger partial charge in [0.05, 0.1) is 5.02 Å². The van der Waals surface area contributed by atoms with E-state index in [-0.39, 0.29) is 10.8 Å². The average Bonchev–Trinajstić information content (AvgIpc) is 2.45. The minimum absolute atomic E-state index is 0.246. The van der Waals surface area contributed by atoms with E-state index in [2.05, 4.69) is 12.2 Å². The Kier molecular flexibility index (Phi) is 9.69. The van der Waals surface area contributed by atoms with E-state index >= 15 is 0 Å². The molecule has 1 rings (SSSR count). The molecule has 0 aliphatic heterocycles. The van der Waals surface area contributed by atoms with Crippen LogP contribution in [0.3, 0.4) is 0 Å². The van der Waals surface area contributed by atoms with Crippen LogP contribution in [0.2, 0.25) is 5.02 Å². The maximum absolute atomic E-state index is 13.2. The van der Waals surface area contributed by atoms with Gasteiger partial charge in [0.15, 0.2) is 0 Å². The summed E-state index contributed by atoms with van der Waals surface area (Å²) >= 11 is 5.90. The molecule has 0 fully saturated rings. The fourth-order valence-corrected chi connectivity index (χ4v) is 2.48. The Morgan fingerprint density at radius 2 is 1.65 bits per heavy atom. The van der Waals surface area contributed by atoms with Crippen molar-refractivity contribution in [2.45, 2.75) is 64.8 Å². The molecule has 0 amide bonds. The smallest absolute Gasteiger partial charge is 0.142 e. The minimum atomic E-state index is -0.335. The van der Waals surface area contributed by atoms with Gasteiger partial charge in [0, 0.05) is 6.54 Å². The molecule has 0 aliphatic rings. The Bertz CT molecular complexity index is 368. The van der Waals surface area contributed by atoms with Gasteiger partial charge in [-0.15, -0.1) is 0 Å². The topological polar surface area (TPSA) is 12.0 Å². The summed E-state index contributed by atoms with van der Waals surface area (Å²) in [7, 11) is 0. The highest BCUT2D eigenvalue weighted by Crippen LogP contribution is 2.19. The molecule has 0 unspecified atom stereocenters. The highest BCUT2D eigenvalue weighted by Gasteiger charge is 2.04. The standard InChI is InChI=1S/C17H27ClFN/c1-2-3-4-5-6-7-8-9-13-20-14-15-11-10-12-16(19)17(15)18/h10-12,20H,2-9,13-14H2,1H3. The van der Waals surface area contributed by atoms with Crippen molar-refractivity contribution in [2.75, 3.05) is 6.54 Å². The van der Waals surface area contributed by atoms with Crippen molar-refractivity contribution in [2.24, 2.45) is 0 Å². The third-order valence-electron chi connectivity index (χ3n) is 3.55. The largest absolute Gasteiger partial charge is 0.313 e. The van der Waals surface area contributed by atoms with Crippen LogP contribution in [0, 0.1) is 5.82 Å². The van der Waals surface area contributed by atoms with E-state index in [0.717, 1.165) is 12.1 Å². The summed E-state index contributed by atoms with van der Waals surface area (Å²) in [4.78, 5) is 0. The van der Waals surface area contributed by atoms with Crippen LogP contribution in [0.1, 0.15) is 63.9 Å². The van der Waals surface area contributed by atoms with E-state index in [9.17, 15) is 4.39 Å². The Balaban J connectivity index is 1.98. The summed E-state index contributed by atoms with van der Waals surface area (Å²) < 4.78 is 13.2. The van der Waals surface area contributed by atoms with Crippen molar-refractivity contribution >= 4 is 11.6 Å². The first-order valence-corrected chi connectivity index (χ1v) is 8.27. The Morgan fingerprint density at radius 1 is 1.00 bits per heavy atom. The summed E-state index contributed by atoms with van der Waals surface area (Å²) in [6.45, 7) is 3.87. The van der Waals surface area contributed by atoms with Gasteiger partial charge in [-0.2, -0.15) is 0 Å². The Hall–Kier alpha value is -0.600. The third-order valence-corrected chi connectivity index (χ3v) is 3.98. The maximum Gasteiger partial charge on any atom is 0.142 e. The molecule has 0 aliphatic carbocycles. The summed E-state index contributed by atoms with van der Waals surface area (Å²) in [5, 5.41) is 3.58. The van der Waals surface area contributed by atoms with Gasteiger partial charge >= 0.3 is 0 Å². The predicted octanol–water partition coefficient (Wildman–Crippen LogP) is 5.71. The van der Waals surface area contributed by atoms with E-state index in [1.54, 1.807) is 6.07 Å². The van der Waals surface area contributed by atoms with Crippen molar-refractivity contribution in [3.63, 3.8) is 0 Å². The predicted molar refractivity (Wildman–Crippen MR) is 85.7 cm³/mol. The number of halogens is 2. The quantitative estimate of drug-likeness (QED) is 0.516. The van der Waals surface area contributed by atoms with Crippen LogP contribution in [-0.2, 0) is 6.54 Å². The zero-order valence-corrected chi connectivity index (χ0v) is 13.3. The van der Waals surface area contributed by atoms with E-state index < -0.39 is 0 Å². The second-order valence-electron chi connectivity index (χ2n) is 5.36. The fourth-order valence-electron chi connectivity index (χ4n) is 2.29. The van der Waals surface area contributed by atoms with E-state index in [1.807, 2.05) is 6.07 Å². The molecule has 1 aromatic rings. The van der Waals surface area contributed by atoms with Crippen molar-refractivity contribution in [1.82, 2.24) is 5.32 Å². The zero-order valence-electron chi connectivity index (χ0n) is 12.6. The number of nitrogens with one attached hydrogen (secondary N) is 1. The van der Waals surface area contributed by atoms with Crippen LogP contribution in [0.15, 0.2) is 18.2 Å². The van der Waals surface area contributed by atoms with E-state index in [4.69, 9.17) is 11.6 Å². The Labute approximate surface area is 127 Å². The molecular formula is C17H27ClFN. The summed E-state index contributed by atoms with van der Waals surface area (Å²) in [6.07, 6.45) is 10.6. The van der Waals surface area contributed by atoms with Gasteiger partial charge in [0.2, 0.25) is 0 Å². The molecule has 1 nitrogen and oxygen atoms in total. The molecule has 0 saturated carbocycles. The van der Waals surface area contributed by atoms with Crippen molar-refractivity contribution in [1.29, 1.82) is 0 Å². The van der Waals surface area contributed by atoms with E-state index in [0.29, 0.717) is 6.54 Å². The van der Waals surface area contributed by atoms with Crippen LogP contribution in [0.5, 0.6) is 0 Å². The SMILES string of the molecule is CCCCCCCCCCNCc1cccc(F)c1Cl. The molecule has 114 valence electrons. The summed E-state index contributed by atoms with van der Waals surface area (Å²) in [5.41, 5.74) is 0.839. The molecule has 1 N–H and O–H groups in total. The first-order valence-electron chi connectivity index (χ1n) is 7.89. The lowest BCUT2D eigenvalue weighted by Crippen LogP contribution is -2.15. The lowest BCUT2D eigenvalue weighted by molar-refractivity contribution is 0.554. The number of unbranched alkanes of at least 4 members (excludes halogenated alkanes) is 7. The van der Waals surface area contributed by atoms with Gasteiger partial charge < -0.3 is 5.32 Å². The van der Waals surface area contributed by atoms with E-state index in [1.165, 1.54) is 57.4 Å². The molecule has 0 bridgehead atoms. The molecule has 1 aromatic carbocycles. The fraction of sp³-hybridized carbons (Fsp3) is 0.647. The number of hydrogen-bond acceptors (Lipinski definition) is 1. The van der Waals surface area contributed by atoms with Crippen LogP contribution in [-0.4, -0.2) is 6.54 Å². The minimum Gasteiger partial charge on any atom is -0.313 e.